The van der Waals surface area contributed by atoms with Gasteiger partial charge in [0.15, 0.2) is 0 Å². The third-order valence-electron chi connectivity index (χ3n) is 3.52. The molecule has 0 spiro atoms. The summed E-state index contributed by atoms with van der Waals surface area (Å²) in [6.45, 7) is 5.35. The zero-order valence-corrected chi connectivity index (χ0v) is 11.2. The van der Waals surface area contributed by atoms with Crippen molar-refractivity contribution < 1.29 is 9.53 Å². The topological polar surface area (TPSA) is 55.6 Å². The van der Waals surface area contributed by atoms with Crippen molar-refractivity contribution in [2.24, 2.45) is 5.73 Å². The van der Waals surface area contributed by atoms with E-state index in [2.05, 4.69) is 9.64 Å². The second kappa shape index (κ2) is 6.97. The number of carbonyl (C=O) groups is 1. The predicted molar refractivity (Wildman–Crippen MR) is 68.8 cm³/mol. The van der Waals surface area contributed by atoms with Crippen LogP contribution in [-0.4, -0.2) is 43.2 Å². The molecule has 1 aliphatic rings. The second-order valence-corrected chi connectivity index (χ2v) is 5.27. The van der Waals surface area contributed by atoms with Crippen molar-refractivity contribution in [3.63, 3.8) is 0 Å². The number of esters is 1. The molecule has 2 N–H and O–H groups in total. The van der Waals surface area contributed by atoms with Crippen LogP contribution >= 0.6 is 0 Å². The summed E-state index contributed by atoms with van der Waals surface area (Å²) in [7, 11) is 1.39. The van der Waals surface area contributed by atoms with Crippen LogP contribution in [0, 0.1) is 0 Å². The highest BCUT2D eigenvalue weighted by atomic mass is 16.5. The van der Waals surface area contributed by atoms with Crippen molar-refractivity contribution in [2.45, 2.75) is 51.0 Å². The van der Waals surface area contributed by atoms with Gasteiger partial charge in [0.2, 0.25) is 0 Å². The van der Waals surface area contributed by atoms with E-state index in [1.807, 2.05) is 0 Å². The van der Waals surface area contributed by atoms with Gasteiger partial charge in [0, 0.05) is 0 Å². The van der Waals surface area contributed by atoms with Crippen LogP contribution in [0.15, 0.2) is 0 Å². The highest BCUT2D eigenvalue weighted by Gasteiger charge is 2.28. The largest absolute Gasteiger partial charge is 0.468 e. The van der Waals surface area contributed by atoms with Gasteiger partial charge in [0.05, 0.1) is 7.11 Å². The summed E-state index contributed by atoms with van der Waals surface area (Å²) < 4.78 is 4.69. The smallest absolute Gasteiger partial charge is 0.325 e. The van der Waals surface area contributed by atoms with Crippen molar-refractivity contribution in [1.29, 1.82) is 0 Å². The molecule has 17 heavy (non-hydrogen) atoms. The fourth-order valence-electron chi connectivity index (χ4n) is 2.35. The van der Waals surface area contributed by atoms with Gasteiger partial charge in [-0.3, -0.25) is 4.79 Å². The molecular formula is C13H26N2O2. The first-order chi connectivity index (χ1) is 8.06. The summed E-state index contributed by atoms with van der Waals surface area (Å²) in [5, 5.41) is 0. The quantitative estimate of drug-likeness (QED) is 0.567. The molecule has 1 aliphatic heterocycles. The van der Waals surface area contributed by atoms with E-state index in [4.69, 9.17) is 5.73 Å². The minimum absolute atomic E-state index is 0.310. The van der Waals surface area contributed by atoms with Crippen molar-refractivity contribution >= 4 is 5.97 Å². The summed E-state index contributed by atoms with van der Waals surface area (Å²) in [6, 6.07) is 0. The van der Waals surface area contributed by atoms with E-state index in [1.165, 1.54) is 39.5 Å². The minimum Gasteiger partial charge on any atom is -0.468 e. The number of nitrogens with zero attached hydrogens (tertiary/aromatic N) is 1. The first kappa shape index (κ1) is 14.5. The number of ether oxygens (including phenoxy) is 1. The van der Waals surface area contributed by atoms with Crippen LogP contribution in [0.1, 0.15) is 45.4 Å². The van der Waals surface area contributed by atoms with E-state index in [0.717, 1.165) is 19.4 Å². The number of nitrogens with two attached hydrogens (primary N) is 1. The summed E-state index contributed by atoms with van der Waals surface area (Å²) in [5.41, 5.74) is 5.08. The average molecular weight is 242 g/mol. The fourth-order valence-corrected chi connectivity index (χ4v) is 2.35. The molecule has 1 fully saturated rings. The van der Waals surface area contributed by atoms with E-state index in [0.29, 0.717) is 6.42 Å². The zero-order valence-electron chi connectivity index (χ0n) is 11.2. The van der Waals surface area contributed by atoms with Gasteiger partial charge in [-0.2, -0.15) is 0 Å². The molecule has 0 saturated carbocycles. The molecule has 1 atom stereocenters. The number of methoxy groups -OCH3 is 1. The lowest BCUT2D eigenvalue weighted by Gasteiger charge is -2.27. The van der Waals surface area contributed by atoms with Crippen LogP contribution < -0.4 is 5.73 Å². The van der Waals surface area contributed by atoms with Gasteiger partial charge in [0.1, 0.15) is 5.54 Å². The lowest BCUT2D eigenvalue weighted by molar-refractivity contribution is -0.146. The van der Waals surface area contributed by atoms with Crippen LogP contribution in [0.4, 0.5) is 0 Å². The molecule has 100 valence electrons. The zero-order chi connectivity index (χ0) is 12.7. The van der Waals surface area contributed by atoms with E-state index >= 15 is 0 Å². The van der Waals surface area contributed by atoms with Gasteiger partial charge >= 0.3 is 5.97 Å². The lowest BCUT2D eigenvalue weighted by Crippen LogP contribution is -2.45. The molecule has 1 heterocycles. The Hall–Kier alpha value is -0.610. The molecule has 4 heteroatoms. The Morgan fingerprint density at radius 3 is 2.53 bits per heavy atom. The Morgan fingerprint density at radius 2 is 1.94 bits per heavy atom. The first-order valence-corrected chi connectivity index (χ1v) is 6.66. The maximum absolute atomic E-state index is 11.4. The number of carbonyl (C=O) groups excluding carboxylic acids is 1. The monoisotopic (exact) mass is 242 g/mol. The van der Waals surface area contributed by atoms with Crippen LogP contribution in [0.2, 0.25) is 0 Å². The van der Waals surface area contributed by atoms with E-state index in [9.17, 15) is 4.79 Å². The van der Waals surface area contributed by atoms with Gasteiger partial charge in [-0.05, 0) is 58.7 Å². The molecule has 0 unspecified atom stereocenters. The number of rotatable bonds is 6. The molecule has 0 aliphatic carbocycles. The fraction of sp³-hybridized carbons (Fsp3) is 0.923. The van der Waals surface area contributed by atoms with Gasteiger partial charge in [-0.15, -0.1) is 0 Å². The molecule has 0 amide bonds. The highest BCUT2D eigenvalue weighted by Crippen LogP contribution is 2.14. The number of hydrogen-bond donors (Lipinski definition) is 1. The van der Waals surface area contributed by atoms with Crippen LogP contribution in [0.5, 0.6) is 0 Å². The third kappa shape index (κ3) is 5.04. The minimum atomic E-state index is -0.823. The summed E-state index contributed by atoms with van der Waals surface area (Å²) in [4.78, 5) is 13.9. The van der Waals surface area contributed by atoms with Crippen molar-refractivity contribution in [3.05, 3.63) is 0 Å². The lowest BCUT2D eigenvalue weighted by atomic mass is 9.96. The van der Waals surface area contributed by atoms with Gasteiger partial charge in [-0.1, -0.05) is 6.42 Å². The van der Waals surface area contributed by atoms with Crippen LogP contribution in [0.3, 0.4) is 0 Å². The molecular weight excluding hydrogens is 216 g/mol. The van der Waals surface area contributed by atoms with E-state index in [1.54, 1.807) is 6.92 Å². The van der Waals surface area contributed by atoms with Gasteiger partial charge in [-0.25, -0.2) is 0 Å². The number of hydrogen-bond acceptors (Lipinski definition) is 4. The Bertz CT molecular complexity index is 236. The van der Waals surface area contributed by atoms with Crippen LogP contribution in [0.25, 0.3) is 0 Å². The average Bonchev–Trinajstić information content (AvgIpc) is 2.35. The van der Waals surface area contributed by atoms with Gasteiger partial charge < -0.3 is 15.4 Å². The van der Waals surface area contributed by atoms with E-state index < -0.39 is 5.54 Å². The predicted octanol–water partition coefficient (Wildman–Crippen LogP) is 1.53. The standard InChI is InChI=1S/C13H26N2O2/c1-13(14,12(16)17-2)8-4-7-11-15-9-5-3-6-10-15/h3-11,14H2,1-2H3/t13-/m1/s1. The van der Waals surface area contributed by atoms with Crippen molar-refractivity contribution in [1.82, 2.24) is 4.90 Å². The number of piperidine rings is 1. The Balaban J connectivity index is 2.12. The van der Waals surface area contributed by atoms with Crippen molar-refractivity contribution in [2.75, 3.05) is 26.7 Å². The SMILES string of the molecule is COC(=O)[C@](C)(N)CCCCN1CCCCC1. The second-order valence-electron chi connectivity index (χ2n) is 5.27. The molecule has 0 aromatic rings. The molecule has 0 bridgehead atoms. The summed E-state index contributed by atoms with van der Waals surface area (Å²) >= 11 is 0. The molecule has 0 aromatic heterocycles. The first-order valence-electron chi connectivity index (χ1n) is 6.66. The maximum Gasteiger partial charge on any atom is 0.325 e. The summed E-state index contributed by atoms with van der Waals surface area (Å²) in [5.74, 6) is -0.310. The molecule has 0 aromatic carbocycles. The Morgan fingerprint density at radius 1 is 1.29 bits per heavy atom. The van der Waals surface area contributed by atoms with E-state index in [-0.39, 0.29) is 5.97 Å². The van der Waals surface area contributed by atoms with Crippen LogP contribution in [-0.2, 0) is 9.53 Å². The number of unbranched alkanes of at least 4 members (excludes halogenated alkanes) is 1. The molecule has 4 nitrogen and oxygen atoms in total. The molecule has 0 radical (unpaired) electrons. The third-order valence-corrected chi connectivity index (χ3v) is 3.52. The normalized spacial score (nSPS) is 20.9. The Labute approximate surface area is 104 Å². The molecule has 1 saturated heterocycles. The Kier molecular flexibility index (Phi) is 5.92. The maximum atomic E-state index is 11.4. The highest BCUT2D eigenvalue weighted by molar-refractivity contribution is 5.79. The van der Waals surface area contributed by atoms with Crippen molar-refractivity contribution in [3.8, 4) is 0 Å². The van der Waals surface area contributed by atoms with Gasteiger partial charge in [0.25, 0.3) is 0 Å². The molecule has 1 rings (SSSR count). The number of likely N-dealkylation sites (tertiary alicyclic amines) is 1. The summed E-state index contributed by atoms with van der Waals surface area (Å²) in [6.07, 6.45) is 6.84.